The minimum absolute atomic E-state index is 0.202. The van der Waals surface area contributed by atoms with Crippen molar-refractivity contribution in [1.82, 2.24) is 4.98 Å². The van der Waals surface area contributed by atoms with Gasteiger partial charge in [0.05, 0.1) is 10.8 Å². The lowest BCUT2D eigenvalue weighted by Crippen LogP contribution is -1.92. The molecule has 0 fully saturated rings. The Kier molecular flexibility index (Phi) is 2.59. The number of rotatable bonds is 3. The zero-order chi connectivity index (χ0) is 9.97. The van der Waals surface area contributed by atoms with Gasteiger partial charge in [-0.25, -0.2) is 0 Å². The molecule has 0 amide bonds. The van der Waals surface area contributed by atoms with Gasteiger partial charge in [0.1, 0.15) is 5.78 Å². The SMILES string of the molecule is CC(=O)CSc1cc2ccccc2[nH]1. The van der Waals surface area contributed by atoms with Crippen LogP contribution < -0.4 is 0 Å². The van der Waals surface area contributed by atoms with Crippen LogP contribution in [-0.4, -0.2) is 16.5 Å². The zero-order valence-corrected chi connectivity index (χ0v) is 8.73. The van der Waals surface area contributed by atoms with E-state index in [1.807, 2.05) is 18.2 Å². The number of hydrogen-bond donors (Lipinski definition) is 1. The lowest BCUT2D eigenvalue weighted by atomic mass is 10.3. The Morgan fingerprint density at radius 1 is 1.43 bits per heavy atom. The van der Waals surface area contributed by atoms with E-state index in [2.05, 4.69) is 17.1 Å². The first-order valence-electron chi connectivity index (χ1n) is 4.46. The molecule has 1 aromatic carbocycles. The predicted molar refractivity (Wildman–Crippen MR) is 59.7 cm³/mol. The van der Waals surface area contributed by atoms with Crippen molar-refractivity contribution in [3.05, 3.63) is 30.3 Å². The zero-order valence-electron chi connectivity index (χ0n) is 7.91. The summed E-state index contributed by atoms with van der Waals surface area (Å²) in [5.41, 5.74) is 1.12. The number of fused-ring (bicyclic) bond motifs is 1. The molecule has 0 atom stereocenters. The molecule has 0 bridgehead atoms. The van der Waals surface area contributed by atoms with Crippen LogP contribution in [0, 0.1) is 0 Å². The fourth-order valence-corrected chi connectivity index (χ4v) is 2.06. The number of Topliss-reactive ketones (excluding diaryl/α,β-unsaturated/α-hetero) is 1. The number of aromatic amines is 1. The molecule has 0 spiro atoms. The van der Waals surface area contributed by atoms with Crippen molar-refractivity contribution in [3.8, 4) is 0 Å². The highest BCUT2D eigenvalue weighted by atomic mass is 32.2. The van der Waals surface area contributed by atoms with Gasteiger partial charge >= 0.3 is 0 Å². The molecule has 0 aliphatic rings. The molecule has 0 radical (unpaired) electrons. The third-order valence-electron chi connectivity index (χ3n) is 1.94. The van der Waals surface area contributed by atoms with Crippen LogP contribution in [0.3, 0.4) is 0 Å². The summed E-state index contributed by atoms with van der Waals surface area (Å²) in [5.74, 6) is 0.737. The molecule has 1 N–H and O–H groups in total. The van der Waals surface area contributed by atoms with Crippen LogP contribution in [0.4, 0.5) is 0 Å². The van der Waals surface area contributed by atoms with Gasteiger partial charge < -0.3 is 4.98 Å². The Bertz CT molecular complexity index is 428. The topological polar surface area (TPSA) is 32.9 Å². The van der Waals surface area contributed by atoms with Crippen molar-refractivity contribution in [2.45, 2.75) is 11.9 Å². The number of benzene rings is 1. The van der Waals surface area contributed by atoms with E-state index >= 15 is 0 Å². The van der Waals surface area contributed by atoms with Crippen LogP contribution in [-0.2, 0) is 4.79 Å². The Morgan fingerprint density at radius 3 is 2.93 bits per heavy atom. The molecule has 0 aliphatic carbocycles. The van der Waals surface area contributed by atoms with Gasteiger partial charge in [-0.2, -0.15) is 0 Å². The Labute approximate surface area is 86.7 Å². The van der Waals surface area contributed by atoms with Gasteiger partial charge in [0.15, 0.2) is 0 Å². The molecule has 1 heterocycles. The summed E-state index contributed by atoms with van der Waals surface area (Å²) in [7, 11) is 0. The first-order valence-corrected chi connectivity index (χ1v) is 5.44. The Balaban J connectivity index is 2.22. The van der Waals surface area contributed by atoms with Crippen molar-refractivity contribution in [1.29, 1.82) is 0 Å². The maximum absolute atomic E-state index is 10.8. The van der Waals surface area contributed by atoms with Crippen LogP contribution in [0.15, 0.2) is 35.4 Å². The smallest absolute Gasteiger partial charge is 0.140 e. The van der Waals surface area contributed by atoms with Crippen LogP contribution in [0.5, 0.6) is 0 Å². The monoisotopic (exact) mass is 205 g/mol. The second-order valence-corrected chi connectivity index (χ2v) is 4.23. The van der Waals surface area contributed by atoms with Crippen molar-refractivity contribution >= 4 is 28.4 Å². The van der Waals surface area contributed by atoms with Crippen molar-refractivity contribution in [2.75, 3.05) is 5.75 Å². The number of carbonyl (C=O) groups is 1. The molecule has 3 heteroatoms. The van der Waals surface area contributed by atoms with Gasteiger partial charge in [0, 0.05) is 10.9 Å². The van der Waals surface area contributed by atoms with Crippen molar-refractivity contribution < 1.29 is 4.79 Å². The van der Waals surface area contributed by atoms with E-state index in [0.717, 1.165) is 10.5 Å². The molecule has 0 aliphatic heterocycles. The highest BCUT2D eigenvalue weighted by Gasteiger charge is 2.01. The molecular weight excluding hydrogens is 194 g/mol. The number of H-pyrrole nitrogens is 1. The number of para-hydroxylation sites is 1. The second kappa shape index (κ2) is 3.88. The molecule has 72 valence electrons. The van der Waals surface area contributed by atoms with Crippen molar-refractivity contribution in [2.24, 2.45) is 0 Å². The van der Waals surface area contributed by atoms with Gasteiger partial charge in [-0.05, 0) is 19.1 Å². The van der Waals surface area contributed by atoms with E-state index in [1.165, 1.54) is 5.39 Å². The van der Waals surface area contributed by atoms with Gasteiger partial charge in [-0.1, -0.05) is 18.2 Å². The average molecular weight is 205 g/mol. The molecule has 0 saturated heterocycles. The van der Waals surface area contributed by atoms with E-state index < -0.39 is 0 Å². The number of carbonyl (C=O) groups excluding carboxylic acids is 1. The minimum atomic E-state index is 0.202. The number of thioether (sulfide) groups is 1. The standard InChI is InChI=1S/C11H11NOS/c1-8(13)7-14-11-6-9-4-2-3-5-10(9)12-11/h2-6,12H,7H2,1H3. The molecule has 0 saturated carbocycles. The molecule has 2 nitrogen and oxygen atoms in total. The number of ketones is 1. The molecular formula is C11H11NOS. The van der Waals surface area contributed by atoms with E-state index in [4.69, 9.17) is 0 Å². The Morgan fingerprint density at radius 2 is 2.21 bits per heavy atom. The second-order valence-electron chi connectivity index (χ2n) is 3.21. The highest BCUT2D eigenvalue weighted by molar-refractivity contribution is 7.99. The fourth-order valence-electron chi connectivity index (χ4n) is 1.30. The summed E-state index contributed by atoms with van der Waals surface area (Å²) in [6.07, 6.45) is 0. The summed E-state index contributed by atoms with van der Waals surface area (Å²) in [6, 6.07) is 10.2. The van der Waals surface area contributed by atoms with E-state index in [1.54, 1.807) is 18.7 Å². The van der Waals surface area contributed by atoms with Crippen LogP contribution >= 0.6 is 11.8 Å². The van der Waals surface area contributed by atoms with Gasteiger partial charge in [0.2, 0.25) is 0 Å². The van der Waals surface area contributed by atoms with Crippen LogP contribution in [0.1, 0.15) is 6.92 Å². The van der Waals surface area contributed by atoms with E-state index in [-0.39, 0.29) is 5.78 Å². The lowest BCUT2D eigenvalue weighted by molar-refractivity contribution is -0.114. The average Bonchev–Trinajstić information content (AvgIpc) is 2.57. The molecule has 14 heavy (non-hydrogen) atoms. The predicted octanol–water partition coefficient (Wildman–Crippen LogP) is 2.85. The molecule has 2 rings (SSSR count). The Hall–Kier alpha value is -1.22. The van der Waals surface area contributed by atoms with Crippen molar-refractivity contribution in [3.63, 3.8) is 0 Å². The van der Waals surface area contributed by atoms with Gasteiger partial charge in [-0.3, -0.25) is 4.79 Å². The van der Waals surface area contributed by atoms with Gasteiger partial charge in [-0.15, -0.1) is 11.8 Å². The van der Waals surface area contributed by atoms with E-state index in [9.17, 15) is 4.79 Å². The number of aromatic nitrogens is 1. The largest absolute Gasteiger partial charge is 0.350 e. The number of nitrogens with one attached hydrogen (secondary N) is 1. The van der Waals surface area contributed by atoms with Crippen LogP contribution in [0.2, 0.25) is 0 Å². The summed E-state index contributed by atoms with van der Waals surface area (Å²) >= 11 is 1.55. The maximum Gasteiger partial charge on any atom is 0.140 e. The number of hydrogen-bond acceptors (Lipinski definition) is 2. The summed E-state index contributed by atoms with van der Waals surface area (Å²) in [6.45, 7) is 1.61. The summed E-state index contributed by atoms with van der Waals surface area (Å²) in [5, 5.41) is 2.25. The lowest BCUT2D eigenvalue weighted by Gasteiger charge is -1.92. The first-order chi connectivity index (χ1) is 6.75. The summed E-state index contributed by atoms with van der Waals surface area (Å²) < 4.78 is 0. The quantitative estimate of drug-likeness (QED) is 0.781. The normalized spacial score (nSPS) is 10.6. The highest BCUT2D eigenvalue weighted by Crippen LogP contribution is 2.22. The van der Waals surface area contributed by atoms with Crippen LogP contribution in [0.25, 0.3) is 10.9 Å². The molecule has 0 unspecified atom stereocenters. The fraction of sp³-hybridized carbons (Fsp3) is 0.182. The first kappa shape index (κ1) is 9.34. The molecule has 1 aromatic heterocycles. The minimum Gasteiger partial charge on any atom is -0.350 e. The maximum atomic E-state index is 10.8. The van der Waals surface area contributed by atoms with E-state index in [0.29, 0.717) is 5.75 Å². The third-order valence-corrected chi connectivity index (χ3v) is 3.02. The van der Waals surface area contributed by atoms with Gasteiger partial charge in [0.25, 0.3) is 0 Å². The molecule has 2 aromatic rings. The summed E-state index contributed by atoms with van der Waals surface area (Å²) in [4.78, 5) is 14.1. The third kappa shape index (κ3) is 1.99.